The normalized spacial score (nSPS) is 11.8. The molecule has 0 radical (unpaired) electrons. The Morgan fingerprint density at radius 1 is 1.33 bits per heavy atom. The van der Waals surface area contributed by atoms with E-state index >= 15 is 0 Å². The highest BCUT2D eigenvalue weighted by Gasteiger charge is 2.05. The third kappa shape index (κ3) is 4.84. The van der Waals surface area contributed by atoms with E-state index in [1.54, 1.807) is 31.4 Å². The van der Waals surface area contributed by atoms with Crippen molar-refractivity contribution in [2.24, 2.45) is 0 Å². The first-order valence-electron chi connectivity index (χ1n) is 5.84. The molecule has 1 aromatic rings. The van der Waals surface area contributed by atoms with Crippen molar-refractivity contribution in [3.63, 3.8) is 0 Å². The van der Waals surface area contributed by atoms with Gasteiger partial charge in [0.05, 0.1) is 7.11 Å². The van der Waals surface area contributed by atoms with Crippen molar-refractivity contribution < 1.29 is 13.7 Å². The van der Waals surface area contributed by atoms with Gasteiger partial charge in [0, 0.05) is 28.5 Å². The predicted molar refractivity (Wildman–Crippen MR) is 74.4 cm³/mol. The van der Waals surface area contributed by atoms with Crippen LogP contribution in [0.4, 0.5) is 0 Å². The van der Waals surface area contributed by atoms with Gasteiger partial charge in [-0.15, -0.1) is 0 Å². The molecule has 0 amide bonds. The zero-order valence-electron chi connectivity index (χ0n) is 10.6. The Morgan fingerprint density at radius 2 is 2.00 bits per heavy atom. The maximum atomic E-state index is 11.8. The summed E-state index contributed by atoms with van der Waals surface area (Å²) in [7, 11) is 0.639. The predicted octanol–water partition coefficient (Wildman–Crippen LogP) is 2.94. The molecule has 0 aromatic heterocycles. The molecule has 0 N–H and O–H groups in total. The van der Waals surface area contributed by atoms with E-state index in [1.807, 2.05) is 0 Å². The molecule has 0 aliphatic carbocycles. The summed E-state index contributed by atoms with van der Waals surface area (Å²) in [6.45, 7) is 3.46. The largest absolute Gasteiger partial charge is 0.497 e. The highest BCUT2D eigenvalue weighted by Crippen LogP contribution is 2.13. The van der Waals surface area contributed by atoms with E-state index in [9.17, 15) is 9.00 Å². The summed E-state index contributed by atoms with van der Waals surface area (Å²) >= 11 is 0. The molecule has 0 fully saturated rings. The van der Waals surface area contributed by atoms with E-state index in [0.29, 0.717) is 17.7 Å². The maximum absolute atomic E-state index is 11.8. The van der Waals surface area contributed by atoms with Crippen LogP contribution in [-0.2, 0) is 10.8 Å². The highest BCUT2D eigenvalue weighted by atomic mass is 32.2. The maximum Gasteiger partial charge on any atom is 0.162 e. The van der Waals surface area contributed by atoms with Crippen molar-refractivity contribution in [2.75, 3.05) is 12.9 Å². The van der Waals surface area contributed by atoms with Crippen molar-refractivity contribution in [2.45, 2.75) is 19.3 Å². The van der Waals surface area contributed by atoms with Gasteiger partial charge >= 0.3 is 0 Å². The topological polar surface area (TPSA) is 43.4 Å². The Balaban J connectivity index is 2.36. The number of ketones is 1. The smallest absolute Gasteiger partial charge is 0.162 e. The lowest BCUT2D eigenvalue weighted by molar-refractivity contribution is 0.0980. The molecular formula is C14H18O3S. The number of Topliss-reactive ketones (excluding diaryl/α,β-unsaturated/α-hetero) is 1. The average Bonchev–Trinajstić information content (AvgIpc) is 2.43. The molecule has 18 heavy (non-hydrogen) atoms. The Labute approximate surface area is 110 Å². The fourth-order valence-corrected chi connectivity index (χ4v) is 2.19. The lowest BCUT2D eigenvalue weighted by Crippen LogP contribution is -2.00. The van der Waals surface area contributed by atoms with E-state index in [0.717, 1.165) is 18.6 Å². The molecule has 0 bridgehead atoms. The molecule has 1 atom stereocenters. The van der Waals surface area contributed by atoms with Crippen LogP contribution in [0, 0.1) is 0 Å². The second-order valence-corrected chi connectivity index (χ2v) is 5.36. The molecule has 0 spiro atoms. The van der Waals surface area contributed by atoms with Crippen LogP contribution in [0.2, 0.25) is 0 Å². The molecule has 1 aromatic carbocycles. The Morgan fingerprint density at radius 3 is 2.56 bits per heavy atom. The van der Waals surface area contributed by atoms with E-state index in [-0.39, 0.29) is 5.78 Å². The lowest BCUT2D eigenvalue weighted by Gasteiger charge is -2.03. The van der Waals surface area contributed by atoms with Crippen LogP contribution >= 0.6 is 0 Å². The third-order valence-electron chi connectivity index (χ3n) is 2.60. The molecule has 0 aliphatic rings. The van der Waals surface area contributed by atoms with Gasteiger partial charge in [0.25, 0.3) is 0 Å². The van der Waals surface area contributed by atoms with Crippen LogP contribution in [0.25, 0.3) is 0 Å². The third-order valence-corrected chi connectivity index (χ3v) is 3.66. The van der Waals surface area contributed by atoms with Crippen LogP contribution < -0.4 is 4.74 Å². The summed E-state index contributed by atoms with van der Waals surface area (Å²) in [4.78, 5) is 11.8. The van der Waals surface area contributed by atoms with Crippen LogP contribution in [0.5, 0.6) is 5.75 Å². The molecule has 1 rings (SSSR count). The zero-order chi connectivity index (χ0) is 13.4. The summed E-state index contributed by atoms with van der Waals surface area (Å²) in [5.74, 6) is 1.44. The Kier molecular flexibility index (Phi) is 6.36. The number of rotatable bonds is 8. The second kappa shape index (κ2) is 7.82. The van der Waals surface area contributed by atoms with Gasteiger partial charge in [-0.3, -0.25) is 9.00 Å². The van der Waals surface area contributed by atoms with Gasteiger partial charge in [0.1, 0.15) is 5.75 Å². The highest BCUT2D eigenvalue weighted by molar-refractivity contribution is 7.87. The number of unbranched alkanes of at least 4 members (excludes halogenated alkanes) is 1. The summed E-state index contributed by atoms with van der Waals surface area (Å²) in [6, 6.07) is 7.09. The quantitative estimate of drug-likeness (QED) is 0.536. The Hall–Kier alpha value is -1.42. The summed E-state index contributed by atoms with van der Waals surface area (Å²) < 4.78 is 16.1. The number of carbonyl (C=O) groups is 1. The summed E-state index contributed by atoms with van der Waals surface area (Å²) in [5.41, 5.74) is 0.695. The molecule has 1 unspecified atom stereocenters. The summed E-state index contributed by atoms with van der Waals surface area (Å²) in [6.07, 6.45) is 2.02. The Bertz CT molecular complexity index is 423. The molecule has 4 heteroatoms. The fraction of sp³-hybridized carbons (Fsp3) is 0.357. The van der Waals surface area contributed by atoms with Crippen molar-refractivity contribution in [1.29, 1.82) is 0 Å². The molecule has 0 heterocycles. The lowest BCUT2D eigenvalue weighted by atomic mass is 10.1. The van der Waals surface area contributed by atoms with Gasteiger partial charge in [0.15, 0.2) is 5.78 Å². The van der Waals surface area contributed by atoms with Gasteiger partial charge in [-0.2, -0.15) is 0 Å². The average molecular weight is 266 g/mol. The first-order valence-corrected chi connectivity index (χ1v) is 7.22. The molecule has 0 saturated heterocycles. The van der Waals surface area contributed by atoms with Crippen LogP contribution in [0.1, 0.15) is 29.6 Å². The second-order valence-electron chi connectivity index (χ2n) is 3.86. The molecule has 98 valence electrons. The van der Waals surface area contributed by atoms with Gasteiger partial charge in [-0.05, 0) is 42.5 Å². The monoisotopic (exact) mass is 266 g/mol. The first-order chi connectivity index (χ1) is 8.67. The molecule has 3 nitrogen and oxygen atoms in total. The van der Waals surface area contributed by atoms with Crippen LogP contribution in [0.15, 0.2) is 36.3 Å². The number of carbonyl (C=O) groups excluding carboxylic acids is 1. The molecule has 0 aliphatic heterocycles. The van der Waals surface area contributed by atoms with E-state index in [2.05, 4.69) is 6.58 Å². The van der Waals surface area contributed by atoms with Gasteiger partial charge in [-0.1, -0.05) is 6.58 Å². The van der Waals surface area contributed by atoms with E-state index in [1.165, 1.54) is 5.41 Å². The standard InChI is InChI=1S/C14H18O3S/c1-3-18(16)11-5-4-6-14(15)12-7-9-13(17-2)10-8-12/h3,7-10H,1,4-6,11H2,2H3. The van der Waals surface area contributed by atoms with Crippen molar-refractivity contribution in [3.05, 3.63) is 41.8 Å². The summed E-state index contributed by atoms with van der Waals surface area (Å²) in [5, 5.41) is 1.44. The van der Waals surface area contributed by atoms with Gasteiger partial charge in [-0.25, -0.2) is 0 Å². The number of methoxy groups -OCH3 is 1. The first kappa shape index (κ1) is 14.6. The van der Waals surface area contributed by atoms with E-state index < -0.39 is 10.8 Å². The van der Waals surface area contributed by atoms with E-state index in [4.69, 9.17) is 4.74 Å². The van der Waals surface area contributed by atoms with Crippen molar-refractivity contribution >= 4 is 16.6 Å². The number of benzene rings is 1. The number of hydrogen-bond donors (Lipinski definition) is 0. The minimum atomic E-state index is -0.954. The van der Waals surface area contributed by atoms with Crippen molar-refractivity contribution in [1.82, 2.24) is 0 Å². The zero-order valence-corrected chi connectivity index (χ0v) is 11.4. The minimum Gasteiger partial charge on any atom is -0.497 e. The van der Waals surface area contributed by atoms with Crippen molar-refractivity contribution in [3.8, 4) is 5.75 Å². The SMILES string of the molecule is C=CS(=O)CCCCC(=O)c1ccc(OC)cc1. The number of ether oxygens (including phenoxy) is 1. The molecular weight excluding hydrogens is 248 g/mol. The molecule has 0 saturated carbocycles. The van der Waals surface area contributed by atoms with Gasteiger partial charge in [0.2, 0.25) is 0 Å². The fourth-order valence-electron chi connectivity index (χ4n) is 1.53. The van der Waals surface area contributed by atoms with Crippen LogP contribution in [-0.4, -0.2) is 22.9 Å². The van der Waals surface area contributed by atoms with Gasteiger partial charge < -0.3 is 4.74 Å². The van der Waals surface area contributed by atoms with Crippen LogP contribution in [0.3, 0.4) is 0 Å². The minimum absolute atomic E-state index is 0.113. The number of hydrogen-bond acceptors (Lipinski definition) is 3.